The summed E-state index contributed by atoms with van der Waals surface area (Å²) in [5.41, 5.74) is 7.71. The lowest BCUT2D eigenvalue weighted by Gasteiger charge is -2.13. The topological polar surface area (TPSA) is 75.1 Å². The Hall–Kier alpha value is -3.67. The number of hydrogen-bond acceptors (Lipinski definition) is 5. The second-order valence-corrected chi connectivity index (χ2v) is 7.92. The molecule has 0 radical (unpaired) electrons. The summed E-state index contributed by atoms with van der Waals surface area (Å²) < 4.78 is 0. The Morgan fingerprint density at radius 3 is 2.42 bits per heavy atom. The minimum absolute atomic E-state index is 0.0199. The third-order valence-electron chi connectivity index (χ3n) is 5.75. The second kappa shape index (κ2) is 10.8. The van der Waals surface area contributed by atoms with E-state index in [-0.39, 0.29) is 18.8 Å². The monoisotopic (exact) mass is 437 g/mol. The lowest BCUT2D eigenvalue weighted by Crippen LogP contribution is -2.18. The number of ketones is 1. The van der Waals surface area contributed by atoms with Gasteiger partial charge in [0.05, 0.1) is 6.61 Å². The second-order valence-electron chi connectivity index (χ2n) is 7.92. The molecule has 4 rings (SSSR count). The highest BCUT2D eigenvalue weighted by Crippen LogP contribution is 2.27. The fraction of sp³-hybridized carbons (Fsp3) is 0.179. The van der Waals surface area contributed by atoms with E-state index in [2.05, 4.69) is 40.4 Å². The van der Waals surface area contributed by atoms with Gasteiger partial charge in [0, 0.05) is 38.1 Å². The van der Waals surface area contributed by atoms with Crippen molar-refractivity contribution in [2.75, 3.05) is 13.2 Å². The van der Waals surface area contributed by atoms with Gasteiger partial charge in [-0.15, -0.1) is 0 Å². The molecule has 0 atom stereocenters. The fourth-order valence-corrected chi connectivity index (χ4v) is 3.95. The van der Waals surface area contributed by atoms with Gasteiger partial charge in [-0.1, -0.05) is 48.5 Å². The molecular weight excluding hydrogens is 410 g/mol. The van der Waals surface area contributed by atoms with Gasteiger partial charge in [0.2, 0.25) is 0 Å². The molecule has 2 aromatic carbocycles. The minimum atomic E-state index is -0.0199. The molecule has 0 saturated carbocycles. The summed E-state index contributed by atoms with van der Waals surface area (Å²) in [4.78, 5) is 21.8. The Kier molecular flexibility index (Phi) is 7.35. The first-order chi connectivity index (χ1) is 16.2. The number of hydrogen-bond donors (Lipinski definition) is 2. The number of benzene rings is 2. The molecule has 4 aromatic rings. The van der Waals surface area contributed by atoms with Gasteiger partial charge in [-0.3, -0.25) is 14.8 Å². The number of aliphatic hydroxyl groups is 1. The van der Waals surface area contributed by atoms with Gasteiger partial charge < -0.3 is 10.4 Å². The molecule has 0 aliphatic rings. The van der Waals surface area contributed by atoms with E-state index in [1.807, 2.05) is 48.5 Å². The standard InChI is InChI=1S/C28H27N3O2/c1-20-23(8-5-9-25(20)21-6-3-2-4-7-21)16-28(33)27-17-26(22-10-12-29-13-11-22)24(19-31-27)18-30-14-15-32/h2-13,17,19,30,32H,14-16,18H2,1H3. The predicted octanol–water partition coefficient (Wildman–Crippen LogP) is 4.63. The van der Waals surface area contributed by atoms with Crippen molar-refractivity contribution in [1.29, 1.82) is 0 Å². The van der Waals surface area contributed by atoms with Crippen molar-refractivity contribution in [3.05, 3.63) is 108 Å². The van der Waals surface area contributed by atoms with Gasteiger partial charge in [0.15, 0.2) is 5.78 Å². The molecule has 33 heavy (non-hydrogen) atoms. The number of nitrogens with one attached hydrogen (secondary N) is 1. The number of rotatable bonds is 9. The van der Waals surface area contributed by atoms with Gasteiger partial charge in [0.1, 0.15) is 5.69 Å². The molecule has 0 unspecified atom stereocenters. The number of Topliss-reactive ketones (excluding diaryl/α,β-unsaturated/α-hetero) is 1. The average molecular weight is 438 g/mol. The summed E-state index contributed by atoms with van der Waals surface area (Å²) in [6, 6.07) is 22.0. The molecule has 0 aliphatic heterocycles. The van der Waals surface area contributed by atoms with Crippen molar-refractivity contribution in [2.45, 2.75) is 19.9 Å². The van der Waals surface area contributed by atoms with E-state index in [9.17, 15) is 4.79 Å². The first-order valence-electron chi connectivity index (χ1n) is 11.1. The van der Waals surface area contributed by atoms with E-state index in [0.717, 1.165) is 38.9 Å². The van der Waals surface area contributed by atoms with E-state index >= 15 is 0 Å². The van der Waals surface area contributed by atoms with Crippen LogP contribution in [0.25, 0.3) is 22.3 Å². The number of carbonyl (C=O) groups is 1. The normalized spacial score (nSPS) is 10.8. The minimum Gasteiger partial charge on any atom is -0.395 e. The summed E-state index contributed by atoms with van der Waals surface area (Å²) in [6.07, 6.45) is 5.51. The lowest BCUT2D eigenvalue weighted by atomic mass is 9.93. The first kappa shape index (κ1) is 22.5. The highest BCUT2D eigenvalue weighted by atomic mass is 16.3. The van der Waals surface area contributed by atoms with Crippen molar-refractivity contribution in [3.63, 3.8) is 0 Å². The van der Waals surface area contributed by atoms with Crippen LogP contribution in [0, 0.1) is 6.92 Å². The zero-order valence-corrected chi connectivity index (χ0v) is 18.7. The van der Waals surface area contributed by atoms with E-state index in [0.29, 0.717) is 18.8 Å². The number of aromatic nitrogens is 2. The van der Waals surface area contributed by atoms with Crippen LogP contribution in [-0.2, 0) is 13.0 Å². The van der Waals surface area contributed by atoms with Gasteiger partial charge in [0.25, 0.3) is 0 Å². The summed E-state index contributed by atoms with van der Waals surface area (Å²) in [6.45, 7) is 3.18. The predicted molar refractivity (Wildman–Crippen MR) is 131 cm³/mol. The van der Waals surface area contributed by atoms with Gasteiger partial charge >= 0.3 is 0 Å². The Balaban J connectivity index is 1.63. The molecule has 166 valence electrons. The van der Waals surface area contributed by atoms with Gasteiger partial charge in [-0.2, -0.15) is 0 Å². The molecule has 0 amide bonds. The van der Waals surface area contributed by atoms with Crippen molar-refractivity contribution >= 4 is 5.78 Å². The highest BCUT2D eigenvalue weighted by molar-refractivity contribution is 5.97. The third kappa shape index (κ3) is 5.40. The summed E-state index contributed by atoms with van der Waals surface area (Å²) in [7, 11) is 0. The molecule has 0 spiro atoms. The van der Waals surface area contributed by atoms with Crippen molar-refractivity contribution in [1.82, 2.24) is 15.3 Å². The summed E-state index contributed by atoms with van der Waals surface area (Å²) >= 11 is 0. The molecule has 5 nitrogen and oxygen atoms in total. The van der Waals surface area contributed by atoms with Crippen LogP contribution in [-0.4, -0.2) is 34.0 Å². The highest BCUT2D eigenvalue weighted by Gasteiger charge is 2.15. The molecular formula is C28H27N3O2. The zero-order valence-electron chi connectivity index (χ0n) is 18.7. The van der Waals surface area contributed by atoms with Crippen molar-refractivity contribution < 1.29 is 9.90 Å². The van der Waals surface area contributed by atoms with E-state index in [1.165, 1.54) is 0 Å². The summed E-state index contributed by atoms with van der Waals surface area (Å²) in [5, 5.41) is 12.3. The zero-order chi connectivity index (χ0) is 23.0. The van der Waals surface area contributed by atoms with Crippen molar-refractivity contribution in [2.24, 2.45) is 0 Å². The first-order valence-corrected chi connectivity index (χ1v) is 11.1. The van der Waals surface area contributed by atoms with Gasteiger partial charge in [-0.25, -0.2) is 0 Å². The SMILES string of the molecule is Cc1c(CC(=O)c2cc(-c3ccncc3)c(CNCCO)cn2)cccc1-c1ccccc1. The number of carbonyl (C=O) groups excluding carboxylic acids is 1. The van der Waals surface area contributed by atoms with E-state index < -0.39 is 0 Å². The molecule has 2 heterocycles. The number of nitrogens with zero attached hydrogens (tertiary/aromatic N) is 2. The molecule has 0 bridgehead atoms. The van der Waals surface area contributed by atoms with E-state index in [4.69, 9.17) is 5.11 Å². The molecule has 2 aromatic heterocycles. The maximum absolute atomic E-state index is 13.2. The lowest BCUT2D eigenvalue weighted by molar-refractivity contribution is 0.0988. The average Bonchev–Trinajstić information content (AvgIpc) is 2.86. The maximum atomic E-state index is 13.2. The smallest absolute Gasteiger partial charge is 0.185 e. The van der Waals surface area contributed by atoms with Crippen LogP contribution in [0.2, 0.25) is 0 Å². The third-order valence-corrected chi connectivity index (χ3v) is 5.75. The maximum Gasteiger partial charge on any atom is 0.185 e. The van der Waals surface area contributed by atoms with Crippen LogP contribution in [0.3, 0.4) is 0 Å². The van der Waals surface area contributed by atoms with Crippen molar-refractivity contribution in [3.8, 4) is 22.3 Å². The Bertz CT molecular complexity index is 1220. The number of pyridine rings is 2. The number of aliphatic hydroxyl groups excluding tert-OH is 1. The fourth-order valence-electron chi connectivity index (χ4n) is 3.95. The van der Waals surface area contributed by atoms with Crippen LogP contribution >= 0.6 is 0 Å². The Labute approximate surface area is 194 Å². The quantitative estimate of drug-likeness (QED) is 0.295. The molecule has 0 fully saturated rings. The van der Waals surface area contributed by atoms with Crippen LogP contribution in [0.4, 0.5) is 0 Å². The van der Waals surface area contributed by atoms with Crippen LogP contribution in [0.15, 0.2) is 85.3 Å². The largest absolute Gasteiger partial charge is 0.395 e. The van der Waals surface area contributed by atoms with Gasteiger partial charge in [-0.05, 0) is 64.1 Å². The summed E-state index contributed by atoms with van der Waals surface area (Å²) in [5.74, 6) is -0.0199. The Morgan fingerprint density at radius 2 is 1.67 bits per heavy atom. The molecule has 0 aliphatic carbocycles. The van der Waals surface area contributed by atoms with Crippen LogP contribution in [0.5, 0.6) is 0 Å². The Morgan fingerprint density at radius 1 is 0.909 bits per heavy atom. The molecule has 5 heteroatoms. The van der Waals surface area contributed by atoms with Crippen LogP contribution in [0.1, 0.15) is 27.2 Å². The molecule has 2 N–H and O–H groups in total. The molecule has 0 saturated heterocycles. The van der Waals surface area contributed by atoms with E-state index in [1.54, 1.807) is 18.6 Å². The van der Waals surface area contributed by atoms with Crippen LogP contribution < -0.4 is 5.32 Å².